The summed E-state index contributed by atoms with van der Waals surface area (Å²) in [5.41, 5.74) is 3.89. The number of nitrogens with zero attached hydrogens (tertiary/aromatic N) is 1. The second kappa shape index (κ2) is 5.81. The summed E-state index contributed by atoms with van der Waals surface area (Å²) >= 11 is 0. The first-order chi connectivity index (χ1) is 8.79. The molecule has 0 aliphatic carbocycles. The molecule has 1 aromatic rings. The Hall–Kier alpha value is -1.92. The van der Waals surface area contributed by atoms with Gasteiger partial charge in [-0.1, -0.05) is 12.1 Å². The van der Waals surface area contributed by atoms with E-state index in [1.807, 2.05) is 6.92 Å². The fourth-order valence-electron chi connectivity index (χ4n) is 1.43. The first-order valence-electron chi connectivity index (χ1n) is 5.65. The average Bonchev–Trinajstić information content (AvgIpc) is 2.36. The molecule has 1 rings (SSSR count). The van der Waals surface area contributed by atoms with Crippen molar-refractivity contribution >= 4 is 5.84 Å². The van der Waals surface area contributed by atoms with Crippen LogP contribution in [-0.2, 0) is 6.18 Å². The summed E-state index contributed by atoms with van der Waals surface area (Å²) in [6.45, 7) is 3.68. The molecule has 0 aromatic heterocycles. The van der Waals surface area contributed by atoms with Crippen LogP contribution in [0.2, 0.25) is 0 Å². The zero-order valence-corrected chi connectivity index (χ0v) is 10.5. The molecule has 0 spiro atoms. The van der Waals surface area contributed by atoms with E-state index in [0.29, 0.717) is 6.42 Å². The van der Waals surface area contributed by atoms with E-state index in [1.165, 1.54) is 6.07 Å². The molecule has 1 unspecified atom stereocenters. The number of alkyl halides is 3. The summed E-state index contributed by atoms with van der Waals surface area (Å²) in [6, 6.07) is 3.18. The van der Waals surface area contributed by atoms with Crippen LogP contribution in [0.25, 0.3) is 0 Å². The van der Waals surface area contributed by atoms with Crippen molar-refractivity contribution in [3.8, 4) is 5.75 Å². The maximum Gasteiger partial charge on any atom is 0.417 e. The number of ether oxygens (including phenoxy) is 1. The molecule has 0 heterocycles. The van der Waals surface area contributed by atoms with Gasteiger partial charge in [0.15, 0.2) is 5.84 Å². The number of oxime groups is 1. The SMILES string of the molecule is CCC(C)Oc1ccc(C(F)(F)F)c(/C(N)=N/O)c1. The Morgan fingerprint density at radius 2 is 2.11 bits per heavy atom. The van der Waals surface area contributed by atoms with Gasteiger partial charge in [-0.15, -0.1) is 0 Å². The number of hydrogen-bond donors (Lipinski definition) is 2. The fraction of sp³-hybridized carbons (Fsp3) is 0.417. The first kappa shape index (κ1) is 15.1. The van der Waals surface area contributed by atoms with Gasteiger partial charge in [-0.25, -0.2) is 0 Å². The minimum absolute atomic E-state index is 0.142. The molecule has 0 bridgehead atoms. The molecule has 1 atom stereocenters. The molecule has 4 nitrogen and oxygen atoms in total. The van der Waals surface area contributed by atoms with Crippen LogP contribution >= 0.6 is 0 Å². The second-order valence-electron chi connectivity index (χ2n) is 4.03. The van der Waals surface area contributed by atoms with Crippen LogP contribution < -0.4 is 10.5 Å². The van der Waals surface area contributed by atoms with E-state index in [0.717, 1.165) is 12.1 Å². The summed E-state index contributed by atoms with van der Waals surface area (Å²) in [6.07, 6.45) is -4.02. The molecule has 0 saturated heterocycles. The van der Waals surface area contributed by atoms with Gasteiger partial charge >= 0.3 is 6.18 Å². The van der Waals surface area contributed by atoms with Crippen molar-refractivity contribution in [2.45, 2.75) is 32.5 Å². The zero-order chi connectivity index (χ0) is 14.6. The van der Waals surface area contributed by atoms with Crippen LogP contribution in [-0.4, -0.2) is 17.1 Å². The molecule has 1 aromatic carbocycles. The molecule has 0 saturated carbocycles. The number of amidine groups is 1. The first-order valence-corrected chi connectivity index (χ1v) is 5.65. The molecule has 19 heavy (non-hydrogen) atoms. The fourth-order valence-corrected chi connectivity index (χ4v) is 1.43. The Labute approximate surface area is 108 Å². The van der Waals surface area contributed by atoms with E-state index < -0.39 is 23.1 Å². The number of hydrogen-bond acceptors (Lipinski definition) is 3. The summed E-state index contributed by atoms with van der Waals surface area (Å²) in [5, 5.41) is 11.2. The molecule has 0 radical (unpaired) electrons. The number of rotatable bonds is 4. The summed E-state index contributed by atoms with van der Waals surface area (Å²) in [5.74, 6) is -0.370. The molecular weight excluding hydrogens is 261 g/mol. The lowest BCUT2D eigenvalue weighted by molar-refractivity contribution is -0.137. The molecule has 0 aliphatic rings. The van der Waals surface area contributed by atoms with Gasteiger partial charge in [0.05, 0.1) is 11.7 Å². The molecule has 0 amide bonds. The Bertz CT molecular complexity index is 473. The highest BCUT2D eigenvalue weighted by Gasteiger charge is 2.34. The lowest BCUT2D eigenvalue weighted by atomic mass is 10.1. The summed E-state index contributed by atoms with van der Waals surface area (Å²) in [4.78, 5) is 0. The van der Waals surface area contributed by atoms with Crippen molar-refractivity contribution in [3.63, 3.8) is 0 Å². The van der Waals surface area contributed by atoms with E-state index in [9.17, 15) is 13.2 Å². The summed E-state index contributed by atoms with van der Waals surface area (Å²) in [7, 11) is 0. The lowest BCUT2D eigenvalue weighted by Crippen LogP contribution is -2.20. The largest absolute Gasteiger partial charge is 0.491 e. The van der Waals surface area contributed by atoms with E-state index >= 15 is 0 Å². The van der Waals surface area contributed by atoms with Crippen molar-refractivity contribution in [2.75, 3.05) is 0 Å². The van der Waals surface area contributed by atoms with Crippen LogP contribution in [0.4, 0.5) is 13.2 Å². The van der Waals surface area contributed by atoms with Gasteiger partial charge in [0, 0.05) is 5.56 Å². The average molecular weight is 276 g/mol. The highest BCUT2D eigenvalue weighted by Crippen LogP contribution is 2.34. The summed E-state index contributed by atoms with van der Waals surface area (Å²) < 4.78 is 43.7. The van der Waals surface area contributed by atoms with Crippen molar-refractivity contribution in [1.29, 1.82) is 0 Å². The minimum atomic E-state index is -4.58. The van der Waals surface area contributed by atoms with E-state index in [1.54, 1.807) is 6.92 Å². The van der Waals surface area contributed by atoms with Crippen LogP contribution in [0.3, 0.4) is 0 Å². The maximum atomic E-state index is 12.8. The van der Waals surface area contributed by atoms with E-state index in [-0.39, 0.29) is 11.9 Å². The van der Waals surface area contributed by atoms with Gasteiger partial charge in [0.25, 0.3) is 0 Å². The van der Waals surface area contributed by atoms with Crippen molar-refractivity contribution in [1.82, 2.24) is 0 Å². The number of halogens is 3. The Morgan fingerprint density at radius 3 is 2.58 bits per heavy atom. The van der Waals surface area contributed by atoms with Gasteiger partial charge < -0.3 is 15.7 Å². The van der Waals surface area contributed by atoms with Crippen LogP contribution in [0, 0.1) is 0 Å². The number of benzene rings is 1. The maximum absolute atomic E-state index is 12.8. The van der Waals surface area contributed by atoms with Gasteiger partial charge in [0.1, 0.15) is 5.75 Å². The third kappa shape index (κ3) is 3.77. The molecule has 0 fully saturated rings. The quantitative estimate of drug-likeness (QED) is 0.384. The van der Waals surface area contributed by atoms with Crippen molar-refractivity contribution in [2.24, 2.45) is 10.9 Å². The monoisotopic (exact) mass is 276 g/mol. The van der Waals surface area contributed by atoms with Gasteiger partial charge in [-0.05, 0) is 31.5 Å². The van der Waals surface area contributed by atoms with Crippen LogP contribution in [0.1, 0.15) is 31.4 Å². The third-order valence-corrected chi connectivity index (χ3v) is 2.59. The highest BCUT2D eigenvalue weighted by atomic mass is 19.4. The van der Waals surface area contributed by atoms with Gasteiger partial charge in [-0.3, -0.25) is 0 Å². The second-order valence-corrected chi connectivity index (χ2v) is 4.03. The standard InChI is InChI=1S/C12H15F3N2O2/c1-3-7(2)19-8-4-5-10(12(13,14)15)9(6-8)11(16)17-18/h4-7,18H,3H2,1-2H3,(H2,16,17). The van der Waals surface area contributed by atoms with Gasteiger partial charge in [-0.2, -0.15) is 13.2 Å². The Kier molecular flexibility index (Phi) is 4.63. The zero-order valence-electron chi connectivity index (χ0n) is 10.5. The van der Waals surface area contributed by atoms with Crippen molar-refractivity contribution < 1.29 is 23.1 Å². The van der Waals surface area contributed by atoms with Crippen molar-refractivity contribution in [3.05, 3.63) is 29.3 Å². The highest BCUT2D eigenvalue weighted by molar-refractivity contribution is 5.99. The predicted octanol–water partition coefficient (Wildman–Crippen LogP) is 2.98. The molecule has 7 heteroatoms. The van der Waals surface area contributed by atoms with E-state index in [2.05, 4.69) is 5.16 Å². The van der Waals surface area contributed by atoms with E-state index in [4.69, 9.17) is 15.7 Å². The lowest BCUT2D eigenvalue weighted by Gasteiger charge is -2.16. The Balaban J connectivity index is 3.24. The molecule has 106 valence electrons. The molecular formula is C12H15F3N2O2. The molecule has 3 N–H and O–H groups in total. The molecule has 0 aliphatic heterocycles. The van der Waals surface area contributed by atoms with Gasteiger partial charge in [0.2, 0.25) is 0 Å². The van der Waals surface area contributed by atoms with Crippen LogP contribution in [0.5, 0.6) is 5.75 Å². The van der Waals surface area contributed by atoms with Crippen LogP contribution in [0.15, 0.2) is 23.4 Å². The topological polar surface area (TPSA) is 67.8 Å². The predicted molar refractivity (Wildman–Crippen MR) is 64.3 cm³/mol. The third-order valence-electron chi connectivity index (χ3n) is 2.59. The normalized spacial score (nSPS) is 14.3. The number of nitrogens with two attached hydrogens (primary N) is 1. The smallest absolute Gasteiger partial charge is 0.417 e. The Morgan fingerprint density at radius 1 is 1.47 bits per heavy atom. The minimum Gasteiger partial charge on any atom is -0.491 e.